The summed E-state index contributed by atoms with van der Waals surface area (Å²) < 4.78 is 12.8. The standard InChI is InChI=1S/C20H29N5O2.HI/c1-4-21-19(22-9-5-11-25-12-6-10-24-25)23-14-20(2,3)16-7-8-17-18(13-16)27-15-26-17;/h6-8,10,12-13H,4-5,9,11,14-15H2,1-3H3,(H2,21,22,23);1H. The third kappa shape index (κ3) is 6.02. The number of halogens is 1. The highest BCUT2D eigenvalue weighted by atomic mass is 127. The molecule has 0 atom stereocenters. The van der Waals surface area contributed by atoms with Crippen molar-refractivity contribution in [2.24, 2.45) is 4.99 Å². The first-order valence-corrected chi connectivity index (χ1v) is 9.48. The zero-order chi connectivity index (χ0) is 19.1. The average molecular weight is 499 g/mol. The SMILES string of the molecule is CCNC(=NCC(C)(C)c1ccc2c(c1)OCO2)NCCCn1cccn1.I. The van der Waals surface area contributed by atoms with Crippen LogP contribution in [0.5, 0.6) is 11.5 Å². The maximum atomic E-state index is 5.50. The molecule has 8 heteroatoms. The van der Waals surface area contributed by atoms with Crippen molar-refractivity contribution in [1.29, 1.82) is 0 Å². The topological polar surface area (TPSA) is 72.7 Å². The van der Waals surface area contributed by atoms with Crippen LogP contribution in [0.4, 0.5) is 0 Å². The molecule has 2 heterocycles. The van der Waals surface area contributed by atoms with E-state index in [9.17, 15) is 0 Å². The Morgan fingerprint density at radius 2 is 2.07 bits per heavy atom. The Hall–Kier alpha value is -1.97. The predicted molar refractivity (Wildman–Crippen MR) is 122 cm³/mol. The number of aromatic nitrogens is 2. The highest BCUT2D eigenvalue weighted by Gasteiger charge is 2.24. The number of benzene rings is 1. The molecule has 0 unspecified atom stereocenters. The van der Waals surface area contributed by atoms with Crippen molar-refractivity contribution < 1.29 is 9.47 Å². The van der Waals surface area contributed by atoms with Gasteiger partial charge in [0.05, 0.1) is 6.54 Å². The number of hydrogen-bond acceptors (Lipinski definition) is 4. The van der Waals surface area contributed by atoms with Gasteiger partial charge in [-0.1, -0.05) is 19.9 Å². The summed E-state index contributed by atoms with van der Waals surface area (Å²) in [5, 5.41) is 10.9. The summed E-state index contributed by atoms with van der Waals surface area (Å²) in [4.78, 5) is 4.79. The minimum atomic E-state index is -0.113. The Bertz CT molecular complexity index is 762. The summed E-state index contributed by atoms with van der Waals surface area (Å²) >= 11 is 0. The summed E-state index contributed by atoms with van der Waals surface area (Å²) in [6.45, 7) is 9.98. The van der Waals surface area contributed by atoms with Gasteiger partial charge in [-0.05, 0) is 37.1 Å². The third-order valence-electron chi connectivity index (χ3n) is 4.55. The molecule has 0 aliphatic carbocycles. The van der Waals surface area contributed by atoms with Crippen LogP contribution in [0.15, 0.2) is 41.7 Å². The summed E-state index contributed by atoms with van der Waals surface area (Å²) in [5.74, 6) is 2.46. The minimum Gasteiger partial charge on any atom is -0.454 e. The number of nitrogens with zero attached hydrogens (tertiary/aromatic N) is 3. The van der Waals surface area contributed by atoms with Crippen molar-refractivity contribution >= 4 is 29.9 Å². The smallest absolute Gasteiger partial charge is 0.231 e. The van der Waals surface area contributed by atoms with Gasteiger partial charge in [0.15, 0.2) is 17.5 Å². The van der Waals surface area contributed by atoms with E-state index in [0.29, 0.717) is 13.3 Å². The van der Waals surface area contributed by atoms with Crippen molar-refractivity contribution in [2.45, 2.75) is 39.2 Å². The van der Waals surface area contributed by atoms with Crippen molar-refractivity contribution in [3.8, 4) is 11.5 Å². The largest absolute Gasteiger partial charge is 0.454 e. The van der Waals surface area contributed by atoms with Gasteiger partial charge < -0.3 is 20.1 Å². The van der Waals surface area contributed by atoms with Gasteiger partial charge in [-0.15, -0.1) is 24.0 Å². The molecule has 3 rings (SSSR count). The van der Waals surface area contributed by atoms with E-state index in [4.69, 9.17) is 14.5 Å². The Kier molecular flexibility index (Phi) is 8.40. The molecule has 0 saturated heterocycles. The lowest BCUT2D eigenvalue weighted by Crippen LogP contribution is -2.39. The number of aliphatic imine (C=N–C) groups is 1. The van der Waals surface area contributed by atoms with E-state index in [1.54, 1.807) is 6.20 Å². The van der Waals surface area contributed by atoms with E-state index in [-0.39, 0.29) is 29.4 Å². The zero-order valence-corrected chi connectivity index (χ0v) is 19.1. The van der Waals surface area contributed by atoms with E-state index in [0.717, 1.165) is 43.5 Å². The molecule has 1 aromatic heterocycles. The highest BCUT2D eigenvalue weighted by Crippen LogP contribution is 2.36. The summed E-state index contributed by atoms with van der Waals surface area (Å²) in [6, 6.07) is 8.06. The number of ether oxygens (including phenoxy) is 2. The molecule has 0 saturated carbocycles. The second-order valence-electron chi connectivity index (χ2n) is 7.20. The molecule has 1 aromatic carbocycles. The molecule has 7 nitrogen and oxygen atoms in total. The molecule has 0 radical (unpaired) electrons. The van der Waals surface area contributed by atoms with Crippen LogP contribution in [0.1, 0.15) is 32.8 Å². The maximum absolute atomic E-state index is 5.50. The molecular formula is C20H30IN5O2. The van der Waals surface area contributed by atoms with Crippen LogP contribution < -0.4 is 20.1 Å². The molecule has 0 fully saturated rings. The summed E-state index contributed by atoms with van der Waals surface area (Å²) in [7, 11) is 0. The van der Waals surface area contributed by atoms with Gasteiger partial charge in [-0.3, -0.25) is 9.67 Å². The third-order valence-corrected chi connectivity index (χ3v) is 4.55. The average Bonchev–Trinajstić information content (AvgIpc) is 3.33. The molecule has 154 valence electrons. The monoisotopic (exact) mass is 499 g/mol. The van der Waals surface area contributed by atoms with Crippen molar-refractivity contribution in [3.63, 3.8) is 0 Å². The van der Waals surface area contributed by atoms with Gasteiger partial charge in [0.2, 0.25) is 6.79 Å². The van der Waals surface area contributed by atoms with Crippen LogP contribution in [0.3, 0.4) is 0 Å². The lowest BCUT2D eigenvalue weighted by atomic mass is 9.84. The van der Waals surface area contributed by atoms with Crippen LogP contribution in [0.2, 0.25) is 0 Å². The van der Waals surface area contributed by atoms with Crippen LogP contribution in [0.25, 0.3) is 0 Å². The Morgan fingerprint density at radius 1 is 1.25 bits per heavy atom. The molecule has 1 aliphatic rings. The molecule has 0 bridgehead atoms. The van der Waals surface area contributed by atoms with Crippen molar-refractivity contribution in [2.75, 3.05) is 26.4 Å². The Labute approximate surface area is 183 Å². The normalized spacial score (nSPS) is 13.2. The lowest BCUT2D eigenvalue weighted by Gasteiger charge is -2.24. The summed E-state index contributed by atoms with van der Waals surface area (Å²) in [6.07, 6.45) is 4.77. The van der Waals surface area contributed by atoms with E-state index in [2.05, 4.69) is 48.6 Å². The van der Waals surface area contributed by atoms with Gasteiger partial charge in [0.25, 0.3) is 0 Å². The number of nitrogens with one attached hydrogen (secondary N) is 2. The van der Waals surface area contributed by atoms with Crippen LogP contribution >= 0.6 is 24.0 Å². The first kappa shape index (κ1) is 22.3. The van der Waals surface area contributed by atoms with Crippen LogP contribution in [-0.2, 0) is 12.0 Å². The molecule has 0 spiro atoms. The number of aryl methyl sites for hydroxylation is 1. The highest BCUT2D eigenvalue weighted by molar-refractivity contribution is 14.0. The van der Waals surface area contributed by atoms with Gasteiger partial charge >= 0.3 is 0 Å². The Balaban J connectivity index is 0.00000280. The van der Waals surface area contributed by atoms with E-state index in [1.165, 1.54) is 5.56 Å². The van der Waals surface area contributed by atoms with Crippen molar-refractivity contribution in [3.05, 3.63) is 42.2 Å². The first-order valence-electron chi connectivity index (χ1n) is 9.48. The second-order valence-corrected chi connectivity index (χ2v) is 7.20. The number of fused-ring (bicyclic) bond motifs is 1. The number of rotatable bonds is 8. The van der Waals surface area contributed by atoms with Gasteiger partial charge in [-0.25, -0.2) is 0 Å². The van der Waals surface area contributed by atoms with Crippen LogP contribution in [-0.4, -0.2) is 42.2 Å². The fraction of sp³-hybridized carbons (Fsp3) is 0.500. The van der Waals surface area contributed by atoms with E-state index >= 15 is 0 Å². The lowest BCUT2D eigenvalue weighted by molar-refractivity contribution is 0.174. The van der Waals surface area contributed by atoms with Gasteiger partial charge in [0.1, 0.15) is 0 Å². The number of hydrogen-bond donors (Lipinski definition) is 2. The minimum absolute atomic E-state index is 0. The zero-order valence-electron chi connectivity index (χ0n) is 16.8. The molecule has 2 N–H and O–H groups in total. The fourth-order valence-electron chi connectivity index (χ4n) is 2.91. The Morgan fingerprint density at radius 3 is 2.82 bits per heavy atom. The van der Waals surface area contributed by atoms with E-state index < -0.39 is 0 Å². The maximum Gasteiger partial charge on any atom is 0.231 e. The molecule has 0 amide bonds. The molecule has 28 heavy (non-hydrogen) atoms. The van der Waals surface area contributed by atoms with Gasteiger partial charge in [-0.2, -0.15) is 5.10 Å². The molecule has 2 aromatic rings. The predicted octanol–water partition coefficient (Wildman–Crippen LogP) is 3.15. The van der Waals surface area contributed by atoms with E-state index in [1.807, 2.05) is 23.0 Å². The number of guanidine groups is 1. The summed E-state index contributed by atoms with van der Waals surface area (Å²) in [5.41, 5.74) is 1.07. The fourth-order valence-corrected chi connectivity index (χ4v) is 2.91. The van der Waals surface area contributed by atoms with Gasteiger partial charge in [0, 0.05) is 37.4 Å². The molecule has 1 aliphatic heterocycles. The van der Waals surface area contributed by atoms with Crippen LogP contribution in [0, 0.1) is 0 Å². The second kappa shape index (κ2) is 10.5. The molecular weight excluding hydrogens is 469 g/mol. The quantitative estimate of drug-likeness (QED) is 0.253. The van der Waals surface area contributed by atoms with Crippen molar-refractivity contribution in [1.82, 2.24) is 20.4 Å². The first-order chi connectivity index (χ1) is 13.1.